The molecule has 0 saturated carbocycles. The third-order valence-electron chi connectivity index (χ3n) is 6.72. The van der Waals surface area contributed by atoms with Crippen LogP contribution >= 0.6 is 11.6 Å². The van der Waals surface area contributed by atoms with Crippen LogP contribution in [0.15, 0.2) is 54.5 Å². The molecule has 2 N–H and O–H groups in total. The van der Waals surface area contributed by atoms with E-state index in [0.29, 0.717) is 30.1 Å². The summed E-state index contributed by atoms with van der Waals surface area (Å²) in [6.45, 7) is 1.81. The number of ketones is 2. The zero-order valence-electron chi connectivity index (χ0n) is 20.0. The molecule has 10 heteroatoms. The van der Waals surface area contributed by atoms with E-state index in [4.69, 9.17) is 25.8 Å². The number of benzene rings is 2. The molecule has 1 aromatic heterocycles. The standard InChI is InChI=1S/C26H25ClN4O5/c1-14-9-16(30-17(25-28-13-29-31-25)10-15-7-5-4-6-8-15)11-20(32)26(14)24(33)21-18(34-2)12-19(35-3)22(27)23(21)36-26/h4-8,11-14,17,30H,9-10H2,1-3H3,(H,28,29,31)/t14-,17?,26+/m1/s1. The number of aromatic amines is 1. The molecular weight excluding hydrogens is 484 g/mol. The number of H-pyrrole nitrogens is 1. The predicted octanol–water partition coefficient (Wildman–Crippen LogP) is 3.86. The summed E-state index contributed by atoms with van der Waals surface area (Å²) in [7, 11) is 2.89. The van der Waals surface area contributed by atoms with Crippen LogP contribution in [-0.2, 0) is 11.2 Å². The number of halogens is 1. The maximum Gasteiger partial charge on any atom is 0.236 e. The molecule has 2 aromatic carbocycles. The third-order valence-corrected chi connectivity index (χ3v) is 7.07. The van der Waals surface area contributed by atoms with E-state index in [1.54, 1.807) is 0 Å². The molecule has 1 unspecified atom stereocenters. The first-order chi connectivity index (χ1) is 17.4. The van der Waals surface area contributed by atoms with Gasteiger partial charge in [-0.05, 0) is 18.4 Å². The molecule has 1 aliphatic carbocycles. The van der Waals surface area contributed by atoms with Crippen molar-refractivity contribution in [2.24, 2.45) is 5.92 Å². The Morgan fingerprint density at radius 1 is 1.22 bits per heavy atom. The van der Waals surface area contributed by atoms with Crippen LogP contribution in [0.1, 0.15) is 41.1 Å². The van der Waals surface area contributed by atoms with E-state index >= 15 is 0 Å². The molecular formula is C26H25ClN4O5. The smallest absolute Gasteiger partial charge is 0.236 e. The quantitative estimate of drug-likeness (QED) is 0.462. The fourth-order valence-electron chi connectivity index (χ4n) is 4.90. The highest BCUT2D eigenvalue weighted by atomic mass is 35.5. The number of aromatic nitrogens is 3. The van der Waals surface area contributed by atoms with Gasteiger partial charge in [-0.1, -0.05) is 48.9 Å². The summed E-state index contributed by atoms with van der Waals surface area (Å²) >= 11 is 6.46. The lowest BCUT2D eigenvalue weighted by Crippen LogP contribution is -2.55. The third kappa shape index (κ3) is 3.80. The number of allylic oxidation sites excluding steroid dienone is 1. The van der Waals surface area contributed by atoms with Crippen molar-refractivity contribution < 1.29 is 23.8 Å². The maximum absolute atomic E-state index is 13.7. The lowest BCUT2D eigenvalue weighted by atomic mass is 9.74. The molecule has 5 rings (SSSR count). The number of hydrogen-bond acceptors (Lipinski definition) is 8. The molecule has 2 heterocycles. The number of nitrogens with one attached hydrogen (secondary N) is 2. The highest BCUT2D eigenvalue weighted by Gasteiger charge is 2.60. The summed E-state index contributed by atoms with van der Waals surface area (Å²) in [6.07, 6.45) is 3.90. The normalized spacial score (nSPS) is 21.6. The Kier molecular flexibility index (Phi) is 6.17. The van der Waals surface area contributed by atoms with E-state index in [9.17, 15) is 9.59 Å². The van der Waals surface area contributed by atoms with E-state index in [1.165, 1.54) is 32.7 Å². The number of fused-ring (bicyclic) bond motifs is 1. The van der Waals surface area contributed by atoms with Crippen LogP contribution in [0.25, 0.3) is 0 Å². The number of ether oxygens (including phenoxy) is 3. The second kappa shape index (κ2) is 9.31. The molecule has 186 valence electrons. The van der Waals surface area contributed by atoms with Crippen LogP contribution in [0.4, 0.5) is 0 Å². The minimum Gasteiger partial charge on any atom is -0.496 e. The fraction of sp³-hybridized carbons (Fsp3) is 0.308. The van der Waals surface area contributed by atoms with Crippen molar-refractivity contribution in [1.82, 2.24) is 20.5 Å². The zero-order valence-corrected chi connectivity index (χ0v) is 20.8. The van der Waals surface area contributed by atoms with Crippen molar-refractivity contribution in [3.8, 4) is 17.2 Å². The number of carbonyl (C=O) groups is 2. The largest absolute Gasteiger partial charge is 0.496 e. The molecule has 36 heavy (non-hydrogen) atoms. The molecule has 9 nitrogen and oxygen atoms in total. The highest BCUT2D eigenvalue weighted by Crippen LogP contribution is 2.53. The second-order valence-corrected chi connectivity index (χ2v) is 9.24. The molecule has 3 atom stereocenters. The van der Waals surface area contributed by atoms with Gasteiger partial charge < -0.3 is 19.5 Å². The summed E-state index contributed by atoms with van der Waals surface area (Å²) in [5.74, 6) is -0.135. The Morgan fingerprint density at radius 3 is 2.61 bits per heavy atom. The Balaban J connectivity index is 1.46. The molecule has 0 amide bonds. The second-order valence-electron chi connectivity index (χ2n) is 8.86. The average Bonchev–Trinajstić information content (AvgIpc) is 3.52. The number of rotatable bonds is 7. The summed E-state index contributed by atoms with van der Waals surface area (Å²) in [5, 5.41) is 10.4. The van der Waals surface area contributed by atoms with Crippen LogP contribution in [0.3, 0.4) is 0 Å². The molecule has 2 aliphatic rings. The van der Waals surface area contributed by atoms with Gasteiger partial charge in [0.2, 0.25) is 17.2 Å². The Bertz CT molecular complexity index is 1340. The number of nitrogens with zero attached hydrogens (tertiary/aromatic N) is 2. The van der Waals surface area contributed by atoms with Gasteiger partial charge in [-0.2, -0.15) is 5.10 Å². The van der Waals surface area contributed by atoms with Gasteiger partial charge >= 0.3 is 0 Å². The average molecular weight is 509 g/mol. The van der Waals surface area contributed by atoms with E-state index in [1.807, 2.05) is 37.3 Å². The van der Waals surface area contributed by atoms with Gasteiger partial charge in [0, 0.05) is 23.8 Å². The van der Waals surface area contributed by atoms with Gasteiger partial charge in [-0.3, -0.25) is 14.7 Å². The van der Waals surface area contributed by atoms with Gasteiger partial charge in [-0.25, -0.2) is 4.98 Å². The Hall–Kier alpha value is -3.85. The van der Waals surface area contributed by atoms with Crippen molar-refractivity contribution >= 4 is 23.2 Å². The molecule has 0 fully saturated rings. The molecule has 0 bridgehead atoms. The van der Waals surface area contributed by atoms with Crippen LogP contribution < -0.4 is 19.5 Å². The number of Topliss-reactive ketones (excluding diaryl/α,β-unsaturated/α-hetero) is 1. The van der Waals surface area contributed by atoms with E-state index in [2.05, 4.69) is 20.5 Å². The first-order valence-corrected chi connectivity index (χ1v) is 11.9. The summed E-state index contributed by atoms with van der Waals surface area (Å²) in [6, 6.07) is 11.2. The lowest BCUT2D eigenvalue weighted by Gasteiger charge is -2.36. The fourth-order valence-corrected chi connectivity index (χ4v) is 5.17. The number of hydrogen-bond donors (Lipinski definition) is 2. The first-order valence-electron chi connectivity index (χ1n) is 11.5. The van der Waals surface area contributed by atoms with E-state index in [-0.39, 0.29) is 28.1 Å². The molecule has 1 aliphatic heterocycles. The molecule has 3 aromatic rings. The van der Waals surface area contributed by atoms with Crippen molar-refractivity contribution in [1.29, 1.82) is 0 Å². The molecule has 0 saturated heterocycles. The summed E-state index contributed by atoms with van der Waals surface area (Å²) < 4.78 is 16.8. The Morgan fingerprint density at radius 2 is 1.97 bits per heavy atom. The number of carbonyl (C=O) groups excluding carboxylic acids is 2. The highest BCUT2D eigenvalue weighted by molar-refractivity contribution is 6.36. The van der Waals surface area contributed by atoms with Gasteiger partial charge in [0.05, 0.1) is 20.3 Å². The van der Waals surface area contributed by atoms with Crippen LogP contribution in [0.5, 0.6) is 17.2 Å². The predicted molar refractivity (Wildman–Crippen MR) is 132 cm³/mol. The monoisotopic (exact) mass is 508 g/mol. The van der Waals surface area contributed by atoms with E-state index in [0.717, 1.165) is 5.56 Å². The van der Waals surface area contributed by atoms with Crippen LogP contribution in [-0.4, -0.2) is 46.6 Å². The zero-order chi connectivity index (χ0) is 25.4. The van der Waals surface area contributed by atoms with Crippen molar-refractivity contribution in [2.45, 2.75) is 31.4 Å². The summed E-state index contributed by atoms with van der Waals surface area (Å²) in [4.78, 5) is 31.6. The van der Waals surface area contributed by atoms with E-state index < -0.39 is 23.1 Å². The van der Waals surface area contributed by atoms with Crippen LogP contribution in [0.2, 0.25) is 5.02 Å². The van der Waals surface area contributed by atoms with Gasteiger partial charge in [0.25, 0.3) is 0 Å². The minimum atomic E-state index is -1.72. The first kappa shape index (κ1) is 23.9. The topological polar surface area (TPSA) is 115 Å². The van der Waals surface area contributed by atoms with Crippen molar-refractivity contribution in [3.05, 3.63) is 76.5 Å². The lowest BCUT2D eigenvalue weighted by molar-refractivity contribution is -0.129. The Labute approximate surface area is 212 Å². The SMILES string of the molecule is COc1cc(OC)c2c(c1Cl)O[C@@]1(C(=O)C=C(NC(Cc3ccccc3)c3ncn[nH]3)C[C@H]1C)C2=O. The van der Waals surface area contributed by atoms with Crippen LogP contribution in [0, 0.1) is 5.92 Å². The summed E-state index contributed by atoms with van der Waals surface area (Å²) in [5.41, 5.74) is 0.201. The van der Waals surface area contributed by atoms with Gasteiger partial charge in [-0.15, -0.1) is 0 Å². The van der Waals surface area contributed by atoms with Gasteiger partial charge in [0.1, 0.15) is 34.2 Å². The number of methoxy groups -OCH3 is 2. The molecule has 0 radical (unpaired) electrons. The molecule has 1 spiro atoms. The maximum atomic E-state index is 13.7. The van der Waals surface area contributed by atoms with Gasteiger partial charge in [0.15, 0.2) is 5.75 Å². The van der Waals surface area contributed by atoms with Crippen molar-refractivity contribution in [2.75, 3.05) is 14.2 Å². The minimum absolute atomic E-state index is 0.103. The van der Waals surface area contributed by atoms with Crippen molar-refractivity contribution in [3.63, 3.8) is 0 Å².